The van der Waals surface area contributed by atoms with E-state index in [-0.39, 0.29) is 22.7 Å². The third-order valence-corrected chi connectivity index (χ3v) is 7.37. The lowest BCUT2D eigenvalue weighted by molar-refractivity contribution is -0.139. The third-order valence-electron chi connectivity index (χ3n) is 6.23. The molecule has 0 aromatic heterocycles. The number of nitriles is 1. The van der Waals surface area contributed by atoms with Gasteiger partial charge in [-0.15, -0.1) is 11.8 Å². The van der Waals surface area contributed by atoms with Gasteiger partial charge in [-0.25, -0.2) is 9.59 Å². The van der Waals surface area contributed by atoms with Crippen molar-refractivity contribution in [1.82, 2.24) is 0 Å². The number of ether oxygens (including phenoxy) is 2. The number of carbonyl (C=O) groups is 2. The predicted molar refractivity (Wildman–Crippen MR) is 147 cm³/mol. The van der Waals surface area contributed by atoms with Crippen LogP contribution in [0.1, 0.15) is 22.6 Å². The molecular weight excluding hydrogens is 498 g/mol. The van der Waals surface area contributed by atoms with Crippen LogP contribution in [0.2, 0.25) is 0 Å². The van der Waals surface area contributed by atoms with Gasteiger partial charge in [-0.05, 0) is 30.2 Å². The summed E-state index contributed by atoms with van der Waals surface area (Å²) in [5, 5.41) is 10.2. The van der Waals surface area contributed by atoms with Crippen LogP contribution in [0.25, 0.3) is 0 Å². The molecule has 4 rings (SSSR count). The van der Waals surface area contributed by atoms with Crippen molar-refractivity contribution < 1.29 is 19.1 Å². The van der Waals surface area contributed by atoms with Gasteiger partial charge in [0.2, 0.25) is 0 Å². The second-order valence-electron chi connectivity index (χ2n) is 8.58. The first-order chi connectivity index (χ1) is 18.4. The van der Waals surface area contributed by atoms with E-state index < -0.39 is 17.9 Å². The maximum Gasteiger partial charge on any atom is 0.355 e. The SMILES string of the molecule is COC(=O)C1=C(C(=O)OC)N(c2ccccc2SCc2ccc(C)cc2)C(N)=C(C#N)C1c1ccccc1. The van der Waals surface area contributed by atoms with Crippen LogP contribution in [-0.4, -0.2) is 26.2 Å². The van der Waals surface area contributed by atoms with Crippen LogP contribution in [-0.2, 0) is 24.8 Å². The summed E-state index contributed by atoms with van der Waals surface area (Å²) < 4.78 is 10.2. The quantitative estimate of drug-likeness (QED) is 0.332. The maximum atomic E-state index is 13.3. The van der Waals surface area contributed by atoms with Crippen molar-refractivity contribution in [1.29, 1.82) is 5.26 Å². The molecule has 1 unspecified atom stereocenters. The van der Waals surface area contributed by atoms with Gasteiger partial charge in [-0.1, -0.05) is 72.3 Å². The van der Waals surface area contributed by atoms with Crippen molar-refractivity contribution in [3.8, 4) is 6.07 Å². The fraction of sp³-hybridized carbons (Fsp3) is 0.167. The van der Waals surface area contributed by atoms with Crippen LogP contribution in [0, 0.1) is 18.3 Å². The van der Waals surface area contributed by atoms with E-state index in [0.29, 0.717) is 17.0 Å². The fourth-order valence-electron chi connectivity index (χ4n) is 4.37. The average molecular weight is 526 g/mol. The number of nitrogens with zero attached hydrogens (tertiary/aromatic N) is 2. The molecule has 2 N–H and O–H groups in total. The number of benzene rings is 3. The van der Waals surface area contributed by atoms with Gasteiger partial charge in [0.25, 0.3) is 0 Å². The Labute approximate surface area is 226 Å². The van der Waals surface area contributed by atoms with Gasteiger partial charge in [0.1, 0.15) is 11.5 Å². The Kier molecular flexibility index (Phi) is 8.19. The maximum absolute atomic E-state index is 13.3. The molecule has 1 aliphatic heterocycles. The molecule has 192 valence electrons. The molecule has 0 fully saturated rings. The summed E-state index contributed by atoms with van der Waals surface area (Å²) in [4.78, 5) is 28.8. The van der Waals surface area contributed by atoms with Gasteiger partial charge >= 0.3 is 11.9 Å². The highest BCUT2D eigenvalue weighted by molar-refractivity contribution is 7.98. The number of esters is 2. The Morgan fingerprint density at radius 2 is 1.58 bits per heavy atom. The normalized spacial score (nSPS) is 15.2. The van der Waals surface area contributed by atoms with Gasteiger partial charge in [0, 0.05) is 10.6 Å². The van der Waals surface area contributed by atoms with Crippen LogP contribution >= 0.6 is 11.8 Å². The monoisotopic (exact) mass is 525 g/mol. The summed E-state index contributed by atoms with van der Waals surface area (Å²) >= 11 is 1.55. The molecule has 8 heteroatoms. The molecule has 0 saturated carbocycles. The zero-order valence-corrected chi connectivity index (χ0v) is 22.1. The molecule has 1 heterocycles. The second-order valence-corrected chi connectivity index (χ2v) is 9.59. The van der Waals surface area contributed by atoms with E-state index in [0.717, 1.165) is 10.5 Å². The Morgan fingerprint density at radius 3 is 2.21 bits per heavy atom. The first-order valence-electron chi connectivity index (χ1n) is 11.8. The van der Waals surface area contributed by atoms with Crippen molar-refractivity contribution in [2.45, 2.75) is 23.5 Å². The van der Waals surface area contributed by atoms with E-state index in [4.69, 9.17) is 15.2 Å². The number of carbonyl (C=O) groups excluding carboxylic acids is 2. The standard InChI is InChI=1S/C30H27N3O4S/c1-19-13-15-20(16-14-19)18-38-24-12-8-7-11-23(24)33-27(30(35)37-3)26(29(34)36-2)25(22(17-31)28(33)32)21-9-5-4-6-10-21/h4-16,25H,18,32H2,1-3H3. The summed E-state index contributed by atoms with van der Waals surface area (Å²) in [7, 11) is 2.47. The predicted octanol–water partition coefficient (Wildman–Crippen LogP) is 5.19. The molecule has 0 spiro atoms. The number of nitrogens with two attached hydrogens (primary N) is 1. The summed E-state index contributed by atoms with van der Waals surface area (Å²) in [6.45, 7) is 2.03. The second kappa shape index (κ2) is 11.7. The number of rotatable bonds is 7. The molecule has 1 atom stereocenters. The molecule has 0 aliphatic carbocycles. The molecule has 0 radical (unpaired) electrons. The van der Waals surface area contributed by atoms with E-state index in [1.165, 1.54) is 24.7 Å². The number of para-hydroxylation sites is 1. The lowest BCUT2D eigenvalue weighted by Crippen LogP contribution is -2.41. The third kappa shape index (κ3) is 5.15. The first kappa shape index (κ1) is 26.6. The lowest BCUT2D eigenvalue weighted by Gasteiger charge is -2.36. The lowest BCUT2D eigenvalue weighted by atomic mass is 9.81. The van der Waals surface area contributed by atoms with E-state index >= 15 is 0 Å². The largest absolute Gasteiger partial charge is 0.466 e. The molecule has 7 nitrogen and oxygen atoms in total. The zero-order valence-electron chi connectivity index (χ0n) is 21.3. The van der Waals surface area contributed by atoms with Crippen molar-refractivity contribution in [3.63, 3.8) is 0 Å². The van der Waals surface area contributed by atoms with Crippen LogP contribution < -0.4 is 10.6 Å². The van der Waals surface area contributed by atoms with E-state index in [9.17, 15) is 14.9 Å². The molecule has 0 amide bonds. The van der Waals surface area contributed by atoms with Crippen molar-refractivity contribution in [2.75, 3.05) is 19.1 Å². The molecule has 0 bridgehead atoms. The van der Waals surface area contributed by atoms with E-state index in [1.807, 2.05) is 25.1 Å². The first-order valence-corrected chi connectivity index (χ1v) is 12.8. The van der Waals surface area contributed by atoms with Crippen molar-refractivity contribution >= 4 is 29.4 Å². The summed E-state index contributed by atoms with van der Waals surface area (Å²) in [6, 6.07) is 26.7. The number of hydrogen-bond donors (Lipinski definition) is 1. The van der Waals surface area contributed by atoms with E-state index in [1.54, 1.807) is 48.2 Å². The van der Waals surface area contributed by atoms with Gasteiger partial charge in [0.15, 0.2) is 0 Å². The Hall–Kier alpha value is -4.48. The Morgan fingerprint density at radius 1 is 0.947 bits per heavy atom. The van der Waals surface area contributed by atoms with Gasteiger partial charge in [-0.2, -0.15) is 5.26 Å². The number of anilines is 1. The fourth-order valence-corrected chi connectivity index (χ4v) is 5.37. The number of thioether (sulfide) groups is 1. The summed E-state index contributed by atoms with van der Waals surface area (Å²) in [5.74, 6) is -1.74. The smallest absolute Gasteiger partial charge is 0.355 e. The highest BCUT2D eigenvalue weighted by Crippen LogP contribution is 2.45. The molecule has 0 saturated heterocycles. The van der Waals surface area contributed by atoms with Crippen LogP contribution in [0.4, 0.5) is 5.69 Å². The topological polar surface area (TPSA) is 106 Å². The minimum atomic E-state index is -0.911. The van der Waals surface area contributed by atoms with Crippen LogP contribution in [0.15, 0.2) is 106 Å². The highest BCUT2D eigenvalue weighted by Gasteiger charge is 2.43. The highest BCUT2D eigenvalue weighted by atomic mass is 32.2. The molecule has 38 heavy (non-hydrogen) atoms. The van der Waals surface area contributed by atoms with Gasteiger partial charge in [-0.3, -0.25) is 4.90 Å². The van der Waals surface area contributed by atoms with Crippen molar-refractivity contribution in [3.05, 3.63) is 118 Å². The van der Waals surface area contributed by atoms with E-state index in [2.05, 4.69) is 30.3 Å². The van der Waals surface area contributed by atoms with Crippen molar-refractivity contribution in [2.24, 2.45) is 5.73 Å². The van der Waals surface area contributed by atoms with Crippen LogP contribution in [0.5, 0.6) is 0 Å². The Bertz CT molecular complexity index is 1460. The molecule has 1 aliphatic rings. The molecular formula is C30H27N3O4S. The molecule has 3 aromatic rings. The summed E-state index contributed by atoms with van der Waals surface area (Å²) in [6.07, 6.45) is 0. The number of aryl methyl sites for hydroxylation is 1. The number of allylic oxidation sites excluding steroid dienone is 1. The minimum absolute atomic E-state index is 0.0189. The minimum Gasteiger partial charge on any atom is -0.466 e. The average Bonchev–Trinajstić information content (AvgIpc) is 2.96. The zero-order chi connectivity index (χ0) is 27.2. The van der Waals surface area contributed by atoms with Crippen LogP contribution in [0.3, 0.4) is 0 Å². The van der Waals surface area contributed by atoms with Gasteiger partial charge < -0.3 is 15.2 Å². The summed E-state index contributed by atoms with van der Waals surface area (Å²) in [5.41, 5.74) is 10.1. The number of hydrogen-bond acceptors (Lipinski definition) is 8. The number of methoxy groups -OCH3 is 2. The van der Waals surface area contributed by atoms with Gasteiger partial charge in [0.05, 0.1) is 43.0 Å². The Balaban J connectivity index is 1.92. The molecule has 3 aromatic carbocycles.